The van der Waals surface area contributed by atoms with E-state index in [2.05, 4.69) is 0 Å². The van der Waals surface area contributed by atoms with Crippen molar-refractivity contribution in [2.75, 3.05) is 32.1 Å². The van der Waals surface area contributed by atoms with Gasteiger partial charge in [0.2, 0.25) is 0 Å². The molecule has 0 amide bonds. The Morgan fingerprint density at radius 2 is 1.52 bits per heavy atom. The molecule has 0 atom stereocenters. The molecule has 0 spiro atoms. The van der Waals surface area contributed by atoms with Crippen molar-refractivity contribution >= 4 is 10.1 Å². The third kappa shape index (κ3) is 18.5. The first-order valence-corrected chi connectivity index (χ1v) is 8.00. The molecule has 0 aliphatic rings. The third-order valence-corrected chi connectivity index (χ3v) is 3.52. The molecule has 0 N–H and O–H groups in total. The summed E-state index contributed by atoms with van der Waals surface area (Å²) in [5, 5.41) is 0. The Kier molecular flexibility index (Phi) is 13.7. The second-order valence-electron chi connectivity index (χ2n) is 4.57. The van der Waals surface area contributed by atoms with Crippen LogP contribution in [0.3, 0.4) is 0 Å². The normalized spacial score (nSPS) is 12.5. The van der Waals surface area contributed by atoms with Crippen LogP contribution in [-0.4, -0.2) is 56.1 Å². The molecule has 4 nitrogen and oxygen atoms in total. The molecule has 0 radical (unpaired) electrons. The molecule has 0 aromatic heterocycles. The topological polar surface area (TPSA) is 60.4 Å². The SMILES string of the molecule is O=S(=O)([O-])CCCCCCN(CCF)CCC(F)(F)F.[Na+]. The molecular weight excluding hydrogens is 325 g/mol. The van der Waals surface area contributed by atoms with Crippen molar-refractivity contribution in [3.8, 4) is 0 Å². The number of rotatable bonds is 11. The Morgan fingerprint density at radius 1 is 0.952 bits per heavy atom. The smallest absolute Gasteiger partial charge is 0.748 e. The van der Waals surface area contributed by atoms with Gasteiger partial charge in [-0.05, 0) is 19.4 Å². The Labute approximate surface area is 145 Å². The Hall–Kier alpha value is 0.590. The van der Waals surface area contributed by atoms with Gasteiger partial charge in [0.05, 0.1) is 16.5 Å². The van der Waals surface area contributed by atoms with Gasteiger partial charge in [0, 0.05) is 18.8 Å². The Morgan fingerprint density at radius 3 is 2.00 bits per heavy atom. The number of alkyl halides is 4. The van der Waals surface area contributed by atoms with Crippen LogP contribution < -0.4 is 29.6 Å². The van der Waals surface area contributed by atoms with Crippen LogP contribution in [0.15, 0.2) is 0 Å². The fourth-order valence-electron chi connectivity index (χ4n) is 1.71. The van der Waals surface area contributed by atoms with E-state index in [9.17, 15) is 30.5 Å². The molecule has 0 bridgehead atoms. The summed E-state index contributed by atoms with van der Waals surface area (Å²) < 4.78 is 79.3. The molecule has 122 valence electrons. The molecule has 0 unspecified atom stereocenters. The first kappa shape index (κ1) is 23.9. The maximum atomic E-state index is 12.2. The molecule has 0 rings (SSSR count). The van der Waals surface area contributed by atoms with Crippen LogP contribution in [0.2, 0.25) is 0 Å². The number of nitrogens with zero attached hydrogens (tertiary/aromatic N) is 1. The quantitative estimate of drug-likeness (QED) is 0.215. The van der Waals surface area contributed by atoms with Crippen molar-refractivity contribution in [1.82, 2.24) is 4.90 Å². The van der Waals surface area contributed by atoms with Gasteiger partial charge in [-0.15, -0.1) is 0 Å². The summed E-state index contributed by atoms with van der Waals surface area (Å²) >= 11 is 0. The van der Waals surface area contributed by atoms with E-state index in [1.165, 1.54) is 4.90 Å². The van der Waals surface area contributed by atoms with Gasteiger partial charge in [-0.25, -0.2) is 12.8 Å². The molecule has 10 heteroatoms. The predicted molar refractivity (Wildman–Crippen MR) is 66.1 cm³/mol. The summed E-state index contributed by atoms with van der Waals surface area (Å²) in [6, 6.07) is 0. The molecule has 0 fully saturated rings. The monoisotopic (exact) mass is 345 g/mol. The number of unbranched alkanes of at least 4 members (excludes halogenated alkanes) is 3. The summed E-state index contributed by atoms with van der Waals surface area (Å²) in [7, 11) is -4.20. The molecule has 0 saturated carbocycles. The zero-order valence-corrected chi connectivity index (χ0v) is 15.0. The van der Waals surface area contributed by atoms with Crippen LogP contribution >= 0.6 is 0 Å². The van der Waals surface area contributed by atoms with Crippen molar-refractivity contribution in [1.29, 1.82) is 0 Å². The summed E-state index contributed by atoms with van der Waals surface area (Å²) in [4.78, 5) is 1.40. The Balaban J connectivity index is 0. The predicted octanol–water partition coefficient (Wildman–Crippen LogP) is -0.680. The summed E-state index contributed by atoms with van der Waals surface area (Å²) in [5.74, 6) is -0.421. The minimum Gasteiger partial charge on any atom is -0.748 e. The Bertz CT molecular complexity index is 352. The van der Waals surface area contributed by atoms with E-state index in [1.807, 2.05) is 0 Å². The van der Waals surface area contributed by atoms with Gasteiger partial charge >= 0.3 is 35.7 Å². The molecule has 0 aromatic carbocycles. The minimum absolute atomic E-state index is 0. The zero-order chi connectivity index (χ0) is 15.6. The van der Waals surface area contributed by atoms with Crippen LogP contribution in [0.4, 0.5) is 17.6 Å². The van der Waals surface area contributed by atoms with Gasteiger partial charge in [-0.1, -0.05) is 12.8 Å². The fraction of sp³-hybridized carbons (Fsp3) is 1.00. The van der Waals surface area contributed by atoms with Gasteiger partial charge in [-0.2, -0.15) is 13.2 Å². The molecule has 0 heterocycles. The fourth-order valence-corrected chi connectivity index (χ4v) is 2.27. The maximum absolute atomic E-state index is 12.2. The second kappa shape index (κ2) is 12.1. The van der Waals surface area contributed by atoms with E-state index >= 15 is 0 Å². The van der Waals surface area contributed by atoms with Crippen LogP contribution in [0.1, 0.15) is 32.1 Å². The van der Waals surface area contributed by atoms with Crippen molar-refractivity contribution in [3.05, 3.63) is 0 Å². The van der Waals surface area contributed by atoms with Crippen molar-refractivity contribution in [2.45, 2.75) is 38.3 Å². The molecule has 0 aromatic rings. The zero-order valence-electron chi connectivity index (χ0n) is 12.2. The third-order valence-electron chi connectivity index (χ3n) is 2.73. The van der Waals surface area contributed by atoms with Gasteiger partial charge in [-0.3, -0.25) is 0 Å². The minimum atomic E-state index is -4.25. The average molecular weight is 345 g/mol. The van der Waals surface area contributed by atoms with E-state index in [0.717, 1.165) is 0 Å². The van der Waals surface area contributed by atoms with Crippen molar-refractivity contribution in [2.24, 2.45) is 0 Å². The number of hydrogen-bond acceptors (Lipinski definition) is 4. The van der Waals surface area contributed by atoms with Gasteiger partial charge < -0.3 is 9.45 Å². The van der Waals surface area contributed by atoms with E-state index < -0.39 is 35.1 Å². The first-order chi connectivity index (χ1) is 9.14. The standard InChI is InChI=1S/C11H21F4NO3S.Na/c12-6-9-16(8-5-11(13,14)15)7-3-1-2-4-10-20(17,18)19;/h1-10H2,(H,17,18,19);/q;+1/p-1. The number of hydrogen-bond donors (Lipinski definition) is 0. The van der Waals surface area contributed by atoms with E-state index in [1.54, 1.807) is 0 Å². The first-order valence-electron chi connectivity index (χ1n) is 6.43. The van der Waals surface area contributed by atoms with Crippen molar-refractivity contribution < 1.29 is 60.1 Å². The summed E-state index contributed by atoms with van der Waals surface area (Å²) in [6.45, 7) is -0.635. The van der Waals surface area contributed by atoms with Crippen LogP contribution in [0.5, 0.6) is 0 Å². The van der Waals surface area contributed by atoms with E-state index in [4.69, 9.17) is 0 Å². The molecule has 0 aliphatic heterocycles. The van der Waals surface area contributed by atoms with Gasteiger partial charge in [0.25, 0.3) is 0 Å². The second-order valence-corrected chi connectivity index (χ2v) is 6.10. The maximum Gasteiger partial charge on any atom is 1.00 e. The van der Waals surface area contributed by atoms with Crippen LogP contribution in [0, 0.1) is 0 Å². The molecule has 21 heavy (non-hydrogen) atoms. The number of halogens is 4. The molecular formula is C11H20F4NNaO3S. The average Bonchev–Trinajstić information content (AvgIpc) is 2.27. The van der Waals surface area contributed by atoms with Gasteiger partial charge in [0.1, 0.15) is 6.67 Å². The largest absolute Gasteiger partial charge is 1.00 e. The summed E-state index contributed by atoms with van der Waals surface area (Å²) in [6.07, 6.45) is -3.30. The van der Waals surface area contributed by atoms with Gasteiger partial charge in [0.15, 0.2) is 0 Å². The van der Waals surface area contributed by atoms with Crippen molar-refractivity contribution in [3.63, 3.8) is 0 Å². The summed E-state index contributed by atoms with van der Waals surface area (Å²) in [5.41, 5.74) is 0. The molecule has 0 saturated heterocycles. The van der Waals surface area contributed by atoms with E-state index in [-0.39, 0.29) is 49.1 Å². The van der Waals surface area contributed by atoms with Crippen LogP contribution in [0.25, 0.3) is 0 Å². The van der Waals surface area contributed by atoms with E-state index in [0.29, 0.717) is 25.8 Å². The van der Waals surface area contributed by atoms with Crippen LogP contribution in [-0.2, 0) is 10.1 Å². The molecule has 0 aliphatic carbocycles.